The molecule has 1 aromatic rings. The second-order valence-electron chi connectivity index (χ2n) is 8.17. The minimum absolute atomic E-state index is 0.0161. The van der Waals surface area contributed by atoms with E-state index in [1.54, 1.807) is 31.2 Å². The number of carboxylic acids is 1. The molecule has 0 aliphatic carbocycles. The molecule has 2 N–H and O–H groups in total. The average Bonchev–Trinajstić information content (AvgIpc) is 2.73. The van der Waals surface area contributed by atoms with Crippen molar-refractivity contribution in [1.82, 2.24) is 10.2 Å². The highest BCUT2D eigenvalue weighted by Crippen LogP contribution is 2.15. The lowest BCUT2D eigenvalue weighted by Crippen LogP contribution is -2.45. The minimum atomic E-state index is -2.92. The van der Waals surface area contributed by atoms with E-state index in [1.807, 2.05) is 13.8 Å². The van der Waals surface area contributed by atoms with Gasteiger partial charge < -0.3 is 29.5 Å². The summed E-state index contributed by atoms with van der Waals surface area (Å²) in [4.78, 5) is 25.1. The van der Waals surface area contributed by atoms with E-state index < -0.39 is 24.6 Å². The molecule has 0 bridgehead atoms. The zero-order valence-electron chi connectivity index (χ0n) is 19.8. The number of urea groups is 1. The van der Waals surface area contributed by atoms with Crippen LogP contribution in [0.2, 0.25) is 0 Å². The van der Waals surface area contributed by atoms with E-state index in [0.29, 0.717) is 18.9 Å². The monoisotopic (exact) mass is 474 g/mol. The Labute approximate surface area is 194 Å². The molecule has 1 rings (SSSR count). The number of nitrogens with zero attached hydrogens (tertiary/aromatic N) is 1. The third kappa shape index (κ3) is 13.0. The molecule has 0 heterocycles. The van der Waals surface area contributed by atoms with Crippen molar-refractivity contribution in [3.05, 3.63) is 29.8 Å². The summed E-state index contributed by atoms with van der Waals surface area (Å²) < 4.78 is 41.7. The van der Waals surface area contributed by atoms with Crippen LogP contribution in [0.25, 0.3) is 0 Å². The summed E-state index contributed by atoms with van der Waals surface area (Å²) in [6.45, 7) is 7.11. The first-order chi connectivity index (χ1) is 15.5. The number of aliphatic carboxylic acids is 1. The largest absolute Gasteiger partial charge is 0.492 e. The van der Waals surface area contributed by atoms with Crippen LogP contribution in [0.3, 0.4) is 0 Å². The van der Waals surface area contributed by atoms with Gasteiger partial charge in [-0.1, -0.05) is 26.0 Å². The second kappa shape index (κ2) is 14.6. The maximum absolute atomic E-state index is 12.9. The average molecular weight is 475 g/mol. The van der Waals surface area contributed by atoms with Crippen molar-refractivity contribution >= 4 is 12.0 Å². The molecule has 2 amide bonds. The Morgan fingerprint density at radius 1 is 1.15 bits per heavy atom. The first-order valence-corrected chi connectivity index (χ1v) is 11.1. The predicted octanol–water partition coefficient (Wildman–Crippen LogP) is 3.44. The van der Waals surface area contributed by atoms with Gasteiger partial charge in [-0.25, -0.2) is 18.4 Å². The first kappa shape index (κ1) is 28.6. The Bertz CT molecular complexity index is 710. The third-order valence-corrected chi connectivity index (χ3v) is 4.43. The van der Waals surface area contributed by atoms with Gasteiger partial charge >= 0.3 is 12.0 Å². The zero-order chi connectivity index (χ0) is 24.9. The fourth-order valence-corrected chi connectivity index (χ4v) is 2.77. The van der Waals surface area contributed by atoms with Crippen LogP contribution in [0.4, 0.5) is 13.6 Å². The number of amides is 2. The SMILES string of the molecule is CCOC(Cc1ccc(OCCN(CCOCC(C)(F)F)C(=O)NCC(C)C)cc1)C(=O)O. The van der Waals surface area contributed by atoms with E-state index in [4.69, 9.17) is 14.2 Å². The van der Waals surface area contributed by atoms with Crippen molar-refractivity contribution in [3.63, 3.8) is 0 Å². The number of alkyl halides is 2. The molecule has 33 heavy (non-hydrogen) atoms. The van der Waals surface area contributed by atoms with Crippen LogP contribution in [0.1, 0.15) is 33.3 Å². The Kier molecular flexibility index (Phi) is 12.7. The summed E-state index contributed by atoms with van der Waals surface area (Å²) in [5, 5.41) is 12.0. The van der Waals surface area contributed by atoms with Gasteiger partial charge in [0.25, 0.3) is 5.92 Å². The number of rotatable bonds is 16. The number of nitrogens with one attached hydrogen (secondary N) is 1. The van der Waals surface area contributed by atoms with Crippen LogP contribution in [0.15, 0.2) is 24.3 Å². The lowest BCUT2D eigenvalue weighted by Gasteiger charge is -2.24. The van der Waals surface area contributed by atoms with E-state index in [1.165, 1.54) is 4.90 Å². The van der Waals surface area contributed by atoms with Gasteiger partial charge in [-0.3, -0.25) is 0 Å². The molecule has 1 aromatic carbocycles. The highest BCUT2D eigenvalue weighted by molar-refractivity contribution is 5.74. The van der Waals surface area contributed by atoms with E-state index in [9.17, 15) is 23.5 Å². The number of halogens is 2. The second-order valence-corrected chi connectivity index (χ2v) is 8.17. The standard InChI is InChI=1S/C23H36F2N2O6/c1-5-32-20(21(28)29)14-18-6-8-19(9-7-18)33-13-11-27(22(30)26-15-17(2)3)10-12-31-16-23(4,24)25/h6-9,17,20H,5,10-16H2,1-4H3,(H,26,30)(H,28,29). The molecule has 0 aliphatic heterocycles. The van der Waals surface area contributed by atoms with E-state index >= 15 is 0 Å². The van der Waals surface area contributed by atoms with Crippen molar-refractivity contribution in [2.75, 3.05) is 46.1 Å². The zero-order valence-corrected chi connectivity index (χ0v) is 19.8. The Hall–Kier alpha value is -2.46. The fourth-order valence-electron chi connectivity index (χ4n) is 2.77. The maximum atomic E-state index is 12.9. The van der Waals surface area contributed by atoms with Crippen molar-refractivity contribution in [1.29, 1.82) is 0 Å². The summed E-state index contributed by atoms with van der Waals surface area (Å²) in [5.74, 6) is -3.11. The minimum Gasteiger partial charge on any atom is -0.492 e. The van der Waals surface area contributed by atoms with E-state index in [-0.39, 0.29) is 44.7 Å². The van der Waals surface area contributed by atoms with E-state index in [0.717, 1.165) is 12.5 Å². The highest BCUT2D eigenvalue weighted by atomic mass is 19.3. The van der Waals surface area contributed by atoms with Gasteiger partial charge in [-0.2, -0.15) is 0 Å². The summed E-state index contributed by atoms with van der Waals surface area (Å²) in [5.41, 5.74) is 0.794. The first-order valence-electron chi connectivity index (χ1n) is 11.1. The summed E-state index contributed by atoms with van der Waals surface area (Å²) >= 11 is 0. The molecule has 0 radical (unpaired) electrons. The predicted molar refractivity (Wildman–Crippen MR) is 120 cm³/mol. The molecule has 10 heteroatoms. The lowest BCUT2D eigenvalue weighted by atomic mass is 10.1. The van der Waals surface area contributed by atoms with Crippen LogP contribution in [0.5, 0.6) is 5.75 Å². The Balaban J connectivity index is 2.57. The number of hydrogen-bond acceptors (Lipinski definition) is 5. The van der Waals surface area contributed by atoms with Gasteiger partial charge in [-0.15, -0.1) is 0 Å². The van der Waals surface area contributed by atoms with E-state index in [2.05, 4.69) is 5.32 Å². The molecule has 1 unspecified atom stereocenters. The van der Waals surface area contributed by atoms with Gasteiger partial charge in [0.05, 0.1) is 13.2 Å². The molecule has 8 nitrogen and oxygen atoms in total. The smallest absolute Gasteiger partial charge is 0.333 e. The topological polar surface area (TPSA) is 97.3 Å². The molecule has 0 aromatic heterocycles. The van der Waals surface area contributed by atoms with Crippen LogP contribution in [0, 0.1) is 5.92 Å². The molecule has 0 saturated heterocycles. The maximum Gasteiger partial charge on any atom is 0.333 e. The van der Waals surface area contributed by atoms with Crippen LogP contribution >= 0.6 is 0 Å². The number of ether oxygens (including phenoxy) is 3. The number of carboxylic acid groups (broad SMARTS) is 1. The fraction of sp³-hybridized carbons (Fsp3) is 0.652. The number of carbonyl (C=O) groups is 2. The Morgan fingerprint density at radius 3 is 2.33 bits per heavy atom. The molecule has 1 atom stereocenters. The molecule has 0 spiro atoms. The van der Waals surface area contributed by atoms with Crippen molar-refractivity contribution in [2.45, 2.75) is 46.1 Å². The normalized spacial score (nSPS) is 12.5. The van der Waals surface area contributed by atoms with Crippen LogP contribution < -0.4 is 10.1 Å². The number of benzene rings is 1. The molecule has 0 saturated carbocycles. The van der Waals surface area contributed by atoms with Gasteiger partial charge in [-0.05, 0) is 30.5 Å². The van der Waals surface area contributed by atoms with Gasteiger partial charge in [0.15, 0.2) is 6.10 Å². The van der Waals surface area contributed by atoms with Gasteiger partial charge in [0, 0.05) is 33.0 Å². The lowest BCUT2D eigenvalue weighted by molar-refractivity contribution is -0.149. The van der Waals surface area contributed by atoms with Gasteiger partial charge in [0.1, 0.15) is 19.0 Å². The van der Waals surface area contributed by atoms with Gasteiger partial charge in [0.2, 0.25) is 0 Å². The molecule has 0 aliphatic rings. The van der Waals surface area contributed by atoms with Crippen molar-refractivity contribution in [3.8, 4) is 5.75 Å². The van der Waals surface area contributed by atoms with Crippen LogP contribution in [-0.2, 0) is 20.7 Å². The Morgan fingerprint density at radius 2 is 1.79 bits per heavy atom. The molecular weight excluding hydrogens is 438 g/mol. The highest BCUT2D eigenvalue weighted by Gasteiger charge is 2.22. The number of hydrogen-bond donors (Lipinski definition) is 2. The molecular formula is C23H36F2N2O6. The summed E-state index contributed by atoms with van der Waals surface area (Å²) in [6.07, 6.45) is -0.668. The molecule has 188 valence electrons. The number of carbonyl (C=O) groups excluding carboxylic acids is 1. The van der Waals surface area contributed by atoms with Crippen molar-refractivity contribution < 1.29 is 37.7 Å². The third-order valence-electron chi connectivity index (χ3n) is 4.43. The molecule has 0 fully saturated rings. The summed E-state index contributed by atoms with van der Waals surface area (Å²) in [6, 6.07) is 6.64. The summed E-state index contributed by atoms with van der Waals surface area (Å²) in [7, 11) is 0. The van der Waals surface area contributed by atoms with Crippen molar-refractivity contribution in [2.24, 2.45) is 5.92 Å². The quantitative estimate of drug-likeness (QED) is 0.356. The van der Waals surface area contributed by atoms with Crippen LogP contribution in [-0.4, -0.2) is 80.1 Å².